The van der Waals surface area contributed by atoms with Gasteiger partial charge in [-0.15, -0.1) is 0 Å². The van der Waals surface area contributed by atoms with Crippen LogP contribution in [0.25, 0.3) is 0 Å². The first-order valence-corrected chi connectivity index (χ1v) is 10.3. The summed E-state index contributed by atoms with van der Waals surface area (Å²) < 4.78 is 30.4. The third-order valence-electron chi connectivity index (χ3n) is 5.09. The molecule has 0 bridgehead atoms. The Bertz CT molecular complexity index is 1170. The largest absolute Gasteiger partial charge is 0.383 e. The molecule has 0 spiro atoms. The number of hydrogen-bond acceptors (Lipinski definition) is 7. The zero-order valence-corrected chi connectivity index (χ0v) is 16.2. The Labute approximate surface area is 166 Å². The van der Waals surface area contributed by atoms with Crippen molar-refractivity contribution < 1.29 is 32.1 Å². The summed E-state index contributed by atoms with van der Waals surface area (Å²) in [6.07, 6.45) is -0.314. The molecule has 148 valence electrons. The van der Waals surface area contributed by atoms with E-state index in [1.54, 1.807) is 19.1 Å². The molecule has 29 heavy (non-hydrogen) atoms. The Hall–Kier alpha value is -3.10. The van der Waals surface area contributed by atoms with Crippen LogP contribution in [0.15, 0.2) is 64.8 Å². The monoisotopic (exact) mass is 412 g/mol. The lowest BCUT2D eigenvalue weighted by molar-refractivity contribution is -0.116. The Kier molecular flexibility index (Phi) is 4.29. The van der Waals surface area contributed by atoms with Crippen LogP contribution in [-0.4, -0.2) is 36.5 Å². The minimum absolute atomic E-state index is 0.0204. The third kappa shape index (κ3) is 2.83. The van der Waals surface area contributed by atoms with Gasteiger partial charge < -0.3 is 9.29 Å². The zero-order valence-electron chi connectivity index (χ0n) is 15.3. The van der Waals surface area contributed by atoms with Crippen LogP contribution in [0.5, 0.6) is 0 Å². The molecule has 2 aromatic rings. The van der Waals surface area contributed by atoms with Crippen LogP contribution in [0.4, 0.5) is 0 Å². The highest BCUT2D eigenvalue weighted by atomic mass is 32.2. The Morgan fingerprint density at radius 3 is 2.00 bits per heavy atom. The van der Waals surface area contributed by atoms with Crippen LogP contribution < -0.4 is 0 Å². The first kappa shape index (κ1) is 19.2. The molecule has 0 heterocycles. The van der Waals surface area contributed by atoms with Crippen molar-refractivity contribution in [2.45, 2.75) is 30.3 Å². The minimum Gasteiger partial charge on any atom is -0.383 e. The molecule has 0 saturated heterocycles. The molecule has 0 radical (unpaired) electrons. The summed E-state index contributed by atoms with van der Waals surface area (Å²) >= 11 is 0. The quantitative estimate of drug-likeness (QED) is 0.604. The lowest BCUT2D eigenvalue weighted by Crippen LogP contribution is -2.45. The summed E-state index contributed by atoms with van der Waals surface area (Å²) in [5.74, 6) is -3.00. The molecule has 2 aliphatic carbocycles. The number of allylic oxidation sites excluding steroid dienone is 1. The number of aryl methyl sites for hydroxylation is 1. The van der Waals surface area contributed by atoms with Crippen LogP contribution in [-0.2, 0) is 19.1 Å². The molecule has 0 aliphatic heterocycles. The van der Waals surface area contributed by atoms with Crippen LogP contribution in [0.3, 0.4) is 0 Å². The molecule has 2 aliphatic rings. The molecule has 0 saturated carbocycles. The SMILES string of the molecule is Cc1ccc(S(=O)(=O)OC2=C(C3(O)C(=O)c4ccccc4C3=O)C(=O)CC2)cc1. The summed E-state index contributed by atoms with van der Waals surface area (Å²) in [6.45, 7) is 1.79. The van der Waals surface area contributed by atoms with E-state index in [1.165, 1.54) is 36.4 Å². The lowest BCUT2D eigenvalue weighted by atomic mass is 9.87. The molecule has 2 aromatic carbocycles. The number of aliphatic hydroxyl groups is 1. The smallest absolute Gasteiger partial charge is 0.338 e. The molecule has 0 atom stereocenters. The maximum absolute atomic E-state index is 12.8. The van der Waals surface area contributed by atoms with Gasteiger partial charge in [-0.25, -0.2) is 0 Å². The van der Waals surface area contributed by atoms with Crippen LogP contribution in [0.1, 0.15) is 39.1 Å². The van der Waals surface area contributed by atoms with Gasteiger partial charge in [0.25, 0.3) is 0 Å². The highest BCUT2D eigenvalue weighted by Gasteiger charge is 2.58. The van der Waals surface area contributed by atoms with Gasteiger partial charge in [0.05, 0.1) is 5.57 Å². The zero-order chi connectivity index (χ0) is 21.0. The van der Waals surface area contributed by atoms with E-state index >= 15 is 0 Å². The van der Waals surface area contributed by atoms with Crippen LogP contribution >= 0.6 is 0 Å². The molecular formula is C21H16O7S. The summed E-state index contributed by atoms with van der Waals surface area (Å²) in [5.41, 5.74) is -2.58. The topological polar surface area (TPSA) is 115 Å². The summed E-state index contributed by atoms with van der Waals surface area (Å²) in [4.78, 5) is 38.0. The normalized spacial score (nSPS) is 18.3. The second-order valence-corrected chi connectivity index (χ2v) is 8.53. The maximum Gasteiger partial charge on any atom is 0.338 e. The Balaban J connectivity index is 1.80. The number of rotatable bonds is 4. The molecule has 0 amide bonds. The van der Waals surface area contributed by atoms with E-state index in [1.807, 2.05) is 0 Å². The van der Waals surface area contributed by atoms with Crippen molar-refractivity contribution in [2.75, 3.05) is 0 Å². The fraction of sp³-hybridized carbons (Fsp3) is 0.190. The minimum atomic E-state index is -4.32. The van der Waals surface area contributed by atoms with E-state index in [2.05, 4.69) is 0 Å². The van der Waals surface area contributed by atoms with Gasteiger partial charge in [-0.05, 0) is 19.1 Å². The van der Waals surface area contributed by atoms with E-state index < -0.39 is 38.6 Å². The van der Waals surface area contributed by atoms with Crippen LogP contribution in [0, 0.1) is 6.92 Å². The predicted molar refractivity (Wildman–Crippen MR) is 101 cm³/mol. The molecular weight excluding hydrogens is 396 g/mol. The second-order valence-electron chi connectivity index (χ2n) is 6.99. The molecule has 0 fully saturated rings. The standard InChI is InChI=1S/C21H16O7S/c1-12-6-8-13(9-7-12)29(26,27)28-17-11-10-16(22)18(17)21(25)19(23)14-4-2-3-5-15(14)20(21)24/h2-9,25H,10-11H2,1H3. The number of ketones is 3. The maximum atomic E-state index is 12.8. The predicted octanol–water partition coefficient (Wildman–Crippen LogP) is 2.13. The average molecular weight is 412 g/mol. The van der Waals surface area contributed by atoms with Gasteiger partial charge in [0.1, 0.15) is 10.7 Å². The van der Waals surface area contributed by atoms with Crippen molar-refractivity contribution in [3.8, 4) is 0 Å². The van der Waals surface area contributed by atoms with Gasteiger partial charge in [-0.1, -0.05) is 42.0 Å². The Morgan fingerprint density at radius 2 is 1.45 bits per heavy atom. The fourth-order valence-electron chi connectivity index (χ4n) is 3.60. The van der Waals surface area contributed by atoms with Crippen molar-refractivity contribution in [3.63, 3.8) is 0 Å². The average Bonchev–Trinajstić information content (AvgIpc) is 3.14. The highest BCUT2D eigenvalue weighted by molar-refractivity contribution is 7.86. The number of hydrogen-bond donors (Lipinski definition) is 1. The summed E-state index contributed by atoms with van der Waals surface area (Å²) in [5, 5.41) is 11.0. The van der Waals surface area contributed by atoms with Crippen molar-refractivity contribution >= 4 is 27.5 Å². The van der Waals surface area contributed by atoms with Crippen molar-refractivity contribution in [3.05, 3.63) is 76.6 Å². The molecule has 8 heteroatoms. The van der Waals surface area contributed by atoms with E-state index in [4.69, 9.17) is 4.18 Å². The van der Waals surface area contributed by atoms with Gasteiger partial charge in [-0.3, -0.25) is 14.4 Å². The first-order valence-electron chi connectivity index (χ1n) is 8.85. The number of carbonyl (C=O) groups is 3. The summed E-state index contributed by atoms with van der Waals surface area (Å²) in [7, 11) is -4.32. The van der Waals surface area contributed by atoms with Crippen molar-refractivity contribution in [2.24, 2.45) is 0 Å². The lowest BCUT2D eigenvalue weighted by Gasteiger charge is -2.21. The van der Waals surface area contributed by atoms with Gasteiger partial charge in [-0.2, -0.15) is 8.42 Å². The molecule has 7 nitrogen and oxygen atoms in total. The van der Waals surface area contributed by atoms with Gasteiger partial charge in [0.2, 0.25) is 17.2 Å². The number of Topliss-reactive ketones (excluding diaryl/α,β-unsaturated/α-hetero) is 3. The Morgan fingerprint density at radius 1 is 0.897 bits per heavy atom. The van der Waals surface area contributed by atoms with Crippen LogP contribution in [0.2, 0.25) is 0 Å². The van der Waals surface area contributed by atoms with Gasteiger partial charge in [0.15, 0.2) is 5.78 Å². The van der Waals surface area contributed by atoms with Gasteiger partial charge in [0, 0.05) is 24.0 Å². The summed E-state index contributed by atoms with van der Waals surface area (Å²) in [6, 6.07) is 11.7. The molecule has 0 unspecified atom stereocenters. The number of carbonyl (C=O) groups excluding carboxylic acids is 3. The van der Waals surface area contributed by atoms with E-state index in [0.717, 1.165) is 5.56 Å². The molecule has 0 aromatic heterocycles. The molecule has 1 N–H and O–H groups in total. The number of benzene rings is 2. The van der Waals surface area contributed by atoms with E-state index in [0.29, 0.717) is 0 Å². The third-order valence-corrected chi connectivity index (χ3v) is 6.36. The van der Waals surface area contributed by atoms with E-state index in [9.17, 15) is 27.9 Å². The van der Waals surface area contributed by atoms with Gasteiger partial charge >= 0.3 is 10.1 Å². The molecule has 4 rings (SSSR count). The second kappa shape index (κ2) is 6.47. The number of fused-ring (bicyclic) bond motifs is 1. The fourth-order valence-corrected chi connectivity index (χ4v) is 4.60. The highest BCUT2D eigenvalue weighted by Crippen LogP contribution is 2.41. The van der Waals surface area contributed by atoms with Crippen molar-refractivity contribution in [1.29, 1.82) is 0 Å². The van der Waals surface area contributed by atoms with E-state index in [-0.39, 0.29) is 34.6 Å². The first-order chi connectivity index (χ1) is 13.7. The van der Waals surface area contributed by atoms with Crippen molar-refractivity contribution in [1.82, 2.24) is 0 Å².